The van der Waals surface area contributed by atoms with Crippen LogP contribution in [0.4, 0.5) is 0 Å². The fraction of sp³-hybridized carbons (Fsp3) is 0.200. The van der Waals surface area contributed by atoms with E-state index in [0.29, 0.717) is 0 Å². The predicted octanol–water partition coefficient (Wildman–Crippen LogP) is 3.62. The molecule has 0 radical (unpaired) electrons. The third kappa shape index (κ3) is 3.79. The van der Waals surface area contributed by atoms with Gasteiger partial charge < -0.3 is 0 Å². The van der Waals surface area contributed by atoms with Crippen LogP contribution in [-0.2, 0) is 6.42 Å². The first-order valence-electron chi connectivity index (χ1n) is 5.78. The molecule has 0 amide bonds. The van der Waals surface area contributed by atoms with Crippen molar-refractivity contribution < 1.29 is 0 Å². The third-order valence-electron chi connectivity index (χ3n) is 2.59. The van der Waals surface area contributed by atoms with Gasteiger partial charge in [0.2, 0.25) is 0 Å². The van der Waals surface area contributed by atoms with Crippen molar-refractivity contribution in [2.75, 3.05) is 6.16 Å². The molecule has 0 spiro atoms. The molecule has 0 aliphatic heterocycles. The Morgan fingerprint density at radius 3 is 2.06 bits per heavy atom. The van der Waals surface area contributed by atoms with E-state index in [0.717, 1.165) is 8.58 Å². The van der Waals surface area contributed by atoms with E-state index in [1.54, 1.807) is 0 Å². The van der Waals surface area contributed by atoms with Crippen LogP contribution in [-0.4, -0.2) is 6.16 Å². The Kier molecular flexibility index (Phi) is 4.58. The van der Waals surface area contributed by atoms with Crippen LogP contribution in [0, 0.1) is 0 Å². The maximum atomic E-state index is 2.22. The van der Waals surface area contributed by atoms with Gasteiger partial charge in [-0.1, -0.05) is 69.2 Å². The minimum absolute atomic E-state index is 0.956. The van der Waals surface area contributed by atoms with Crippen molar-refractivity contribution in [2.24, 2.45) is 0 Å². The van der Waals surface area contributed by atoms with Crippen molar-refractivity contribution in [1.82, 2.24) is 0 Å². The highest BCUT2D eigenvalue weighted by Gasteiger charge is 1.93. The summed E-state index contributed by atoms with van der Waals surface area (Å²) < 4.78 is 0. The van der Waals surface area contributed by atoms with Crippen molar-refractivity contribution in [3.63, 3.8) is 0 Å². The van der Waals surface area contributed by atoms with Gasteiger partial charge in [0.1, 0.15) is 0 Å². The zero-order valence-electron chi connectivity index (χ0n) is 9.39. The average Bonchev–Trinajstić information content (AvgIpc) is 2.37. The Morgan fingerprint density at radius 1 is 0.750 bits per heavy atom. The summed E-state index contributed by atoms with van der Waals surface area (Å²) in [6.45, 7) is 0. The van der Waals surface area contributed by atoms with Crippen LogP contribution < -0.4 is 5.30 Å². The minimum Gasteiger partial charge on any atom is -0.0904 e. The number of hydrogen-bond acceptors (Lipinski definition) is 0. The minimum atomic E-state index is 0.956. The molecule has 0 heterocycles. The molecule has 0 aliphatic carbocycles. The summed E-state index contributed by atoms with van der Waals surface area (Å²) in [4.78, 5) is 0. The molecule has 1 atom stereocenters. The summed E-state index contributed by atoms with van der Waals surface area (Å²) in [5, 5.41) is 1.48. The summed E-state index contributed by atoms with van der Waals surface area (Å²) in [5.74, 6) is 0. The monoisotopic (exact) mass is 228 g/mol. The molecule has 0 bridgehead atoms. The molecule has 2 rings (SSSR count). The van der Waals surface area contributed by atoms with E-state index >= 15 is 0 Å². The van der Waals surface area contributed by atoms with Gasteiger partial charge in [-0.05, 0) is 29.9 Å². The molecule has 0 aliphatic rings. The normalized spacial score (nSPS) is 11.0. The summed E-state index contributed by atoms with van der Waals surface area (Å²) in [5.41, 5.74) is 1.46. The van der Waals surface area contributed by atoms with Gasteiger partial charge in [0.25, 0.3) is 0 Å². The standard InChI is InChI=1S/C15H17P/c1-3-8-14(9-4-1)10-7-13-16-15-11-5-2-6-12-15/h1-6,8-9,11-12,16H,7,10,13H2. The van der Waals surface area contributed by atoms with Gasteiger partial charge in [-0.3, -0.25) is 0 Å². The van der Waals surface area contributed by atoms with Gasteiger partial charge in [0, 0.05) is 0 Å². The highest BCUT2D eigenvalue weighted by Crippen LogP contribution is 2.13. The van der Waals surface area contributed by atoms with Crippen LogP contribution in [0.25, 0.3) is 0 Å². The highest BCUT2D eigenvalue weighted by molar-refractivity contribution is 7.47. The van der Waals surface area contributed by atoms with Crippen LogP contribution in [0.1, 0.15) is 12.0 Å². The Labute approximate surface area is 99.5 Å². The lowest BCUT2D eigenvalue weighted by atomic mass is 10.1. The van der Waals surface area contributed by atoms with Crippen molar-refractivity contribution in [3.05, 3.63) is 66.2 Å². The summed E-state index contributed by atoms with van der Waals surface area (Å²) in [7, 11) is 0.956. The summed E-state index contributed by atoms with van der Waals surface area (Å²) in [6.07, 6.45) is 3.80. The van der Waals surface area contributed by atoms with E-state index in [2.05, 4.69) is 60.7 Å². The van der Waals surface area contributed by atoms with Gasteiger partial charge in [-0.25, -0.2) is 0 Å². The molecule has 2 aromatic carbocycles. The first-order valence-corrected chi connectivity index (χ1v) is 6.99. The van der Waals surface area contributed by atoms with Crippen LogP contribution in [0.5, 0.6) is 0 Å². The molecule has 2 aromatic rings. The number of aryl methyl sites for hydroxylation is 1. The van der Waals surface area contributed by atoms with Crippen molar-refractivity contribution >= 4 is 13.9 Å². The molecular weight excluding hydrogens is 211 g/mol. The lowest BCUT2D eigenvalue weighted by Crippen LogP contribution is -1.94. The van der Waals surface area contributed by atoms with Crippen LogP contribution >= 0.6 is 8.58 Å². The Morgan fingerprint density at radius 2 is 1.38 bits per heavy atom. The van der Waals surface area contributed by atoms with Crippen molar-refractivity contribution in [3.8, 4) is 0 Å². The molecule has 0 nitrogen and oxygen atoms in total. The van der Waals surface area contributed by atoms with Gasteiger partial charge in [0.15, 0.2) is 0 Å². The fourth-order valence-electron chi connectivity index (χ4n) is 1.73. The second kappa shape index (κ2) is 6.45. The molecule has 1 unspecified atom stereocenters. The lowest BCUT2D eigenvalue weighted by molar-refractivity contribution is 0.932. The molecule has 16 heavy (non-hydrogen) atoms. The zero-order chi connectivity index (χ0) is 11.1. The smallest absolute Gasteiger partial charge is 0.0271 e. The van der Waals surface area contributed by atoms with Gasteiger partial charge in [-0.2, -0.15) is 0 Å². The van der Waals surface area contributed by atoms with E-state index in [-0.39, 0.29) is 0 Å². The highest BCUT2D eigenvalue weighted by atomic mass is 31.1. The molecule has 0 saturated heterocycles. The van der Waals surface area contributed by atoms with E-state index in [4.69, 9.17) is 0 Å². The fourth-order valence-corrected chi connectivity index (χ4v) is 2.80. The van der Waals surface area contributed by atoms with E-state index in [1.807, 2.05) is 0 Å². The molecule has 0 saturated carbocycles. The molecule has 0 fully saturated rings. The number of benzene rings is 2. The topological polar surface area (TPSA) is 0 Å². The Bertz CT molecular complexity index is 353. The maximum Gasteiger partial charge on any atom is -0.0271 e. The second-order valence-corrected chi connectivity index (χ2v) is 5.31. The van der Waals surface area contributed by atoms with Gasteiger partial charge in [-0.15, -0.1) is 0 Å². The second-order valence-electron chi connectivity index (χ2n) is 3.88. The first-order chi connectivity index (χ1) is 7.95. The van der Waals surface area contributed by atoms with Gasteiger partial charge >= 0.3 is 0 Å². The molecule has 0 aromatic heterocycles. The average molecular weight is 228 g/mol. The third-order valence-corrected chi connectivity index (χ3v) is 3.93. The van der Waals surface area contributed by atoms with Crippen molar-refractivity contribution in [2.45, 2.75) is 12.8 Å². The molecular formula is C15H17P. The number of rotatable bonds is 5. The quantitative estimate of drug-likeness (QED) is 0.541. The van der Waals surface area contributed by atoms with E-state index in [1.165, 1.54) is 29.9 Å². The first kappa shape index (κ1) is 11.4. The van der Waals surface area contributed by atoms with Gasteiger partial charge in [0.05, 0.1) is 0 Å². The predicted molar refractivity (Wildman–Crippen MR) is 74.0 cm³/mol. The maximum absolute atomic E-state index is 2.22. The van der Waals surface area contributed by atoms with E-state index < -0.39 is 0 Å². The molecule has 82 valence electrons. The molecule has 1 heteroatoms. The Balaban J connectivity index is 1.70. The SMILES string of the molecule is c1ccc(CCCPc2ccccc2)cc1. The van der Waals surface area contributed by atoms with Crippen LogP contribution in [0.15, 0.2) is 60.7 Å². The van der Waals surface area contributed by atoms with Crippen LogP contribution in [0.3, 0.4) is 0 Å². The summed E-state index contributed by atoms with van der Waals surface area (Å²) >= 11 is 0. The van der Waals surface area contributed by atoms with E-state index in [9.17, 15) is 0 Å². The van der Waals surface area contributed by atoms with Crippen LogP contribution in [0.2, 0.25) is 0 Å². The van der Waals surface area contributed by atoms with Crippen molar-refractivity contribution in [1.29, 1.82) is 0 Å². The lowest BCUT2D eigenvalue weighted by Gasteiger charge is -2.02. The molecule has 0 N–H and O–H groups in total. The zero-order valence-corrected chi connectivity index (χ0v) is 10.4. The summed E-state index contributed by atoms with van der Waals surface area (Å²) in [6, 6.07) is 21.5. The largest absolute Gasteiger partial charge is 0.0904 e. The Hall–Kier alpha value is -1.13. The number of hydrogen-bond donors (Lipinski definition) is 0.